The molecule has 3 N–H and O–H groups in total. The van der Waals surface area contributed by atoms with Gasteiger partial charge in [0.15, 0.2) is 11.5 Å². The van der Waals surface area contributed by atoms with Gasteiger partial charge < -0.3 is 24.5 Å². The van der Waals surface area contributed by atoms with Crippen molar-refractivity contribution < 1.29 is 23.8 Å². The molecular weight excluding hydrogens is 388 g/mol. The van der Waals surface area contributed by atoms with Crippen LogP contribution < -0.4 is 25.0 Å². The van der Waals surface area contributed by atoms with Crippen molar-refractivity contribution in [3.05, 3.63) is 53.7 Å². The lowest BCUT2D eigenvalue weighted by molar-refractivity contribution is -0.120. The third kappa shape index (κ3) is 4.52. The average Bonchev–Trinajstić information content (AvgIpc) is 3.19. The van der Waals surface area contributed by atoms with E-state index in [-0.39, 0.29) is 12.1 Å². The monoisotopic (exact) mass is 410 g/mol. The first-order valence-corrected chi connectivity index (χ1v) is 9.03. The number of benzene rings is 2. The third-order valence-corrected chi connectivity index (χ3v) is 4.35. The number of hydrazone groups is 1. The fraction of sp³-hybridized carbons (Fsp3) is 0.190. The number of amides is 2. The van der Waals surface area contributed by atoms with E-state index in [0.29, 0.717) is 17.2 Å². The highest BCUT2D eigenvalue weighted by atomic mass is 16.5. The Bertz CT molecular complexity index is 1060. The van der Waals surface area contributed by atoms with Crippen LogP contribution in [0.5, 0.6) is 17.2 Å². The van der Waals surface area contributed by atoms with E-state index in [2.05, 4.69) is 20.8 Å². The van der Waals surface area contributed by atoms with Crippen LogP contribution in [0.4, 0.5) is 0 Å². The SMILES string of the molecule is COc1cc(C(=O)NCC(=O)N/N=C/c2c[nH]c3ccccc23)cc(OC)c1OC. The minimum Gasteiger partial charge on any atom is -0.493 e. The van der Waals surface area contributed by atoms with Crippen LogP contribution in [0.3, 0.4) is 0 Å². The van der Waals surface area contributed by atoms with E-state index in [4.69, 9.17) is 14.2 Å². The highest BCUT2D eigenvalue weighted by Crippen LogP contribution is 2.38. The molecule has 0 atom stereocenters. The summed E-state index contributed by atoms with van der Waals surface area (Å²) in [6, 6.07) is 10.8. The number of carbonyl (C=O) groups excluding carboxylic acids is 2. The van der Waals surface area contributed by atoms with Crippen molar-refractivity contribution in [2.24, 2.45) is 5.10 Å². The smallest absolute Gasteiger partial charge is 0.259 e. The van der Waals surface area contributed by atoms with E-state index in [1.165, 1.54) is 39.7 Å². The summed E-state index contributed by atoms with van der Waals surface area (Å²) in [6.45, 7) is -0.249. The van der Waals surface area contributed by atoms with Gasteiger partial charge in [-0.2, -0.15) is 5.10 Å². The Hall–Kier alpha value is -4.01. The summed E-state index contributed by atoms with van der Waals surface area (Å²) in [5.74, 6) is 0.127. The van der Waals surface area contributed by atoms with Crippen molar-refractivity contribution in [1.82, 2.24) is 15.7 Å². The van der Waals surface area contributed by atoms with Crippen LogP contribution in [-0.2, 0) is 4.79 Å². The number of ether oxygens (including phenoxy) is 3. The highest BCUT2D eigenvalue weighted by molar-refractivity contribution is 6.00. The van der Waals surface area contributed by atoms with Crippen molar-refractivity contribution in [3.63, 3.8) is 0 Å². The fourth-order valence-corrected chi connectivity index (χ4v) is 2.89. The first-order chi connectivity index (χ1) is 14.6. The van der Waals surface area contributed by atoms with E-state index in [9.17, 15) is 9.59 Å². The van der Waals surface area contributed by atoms with E-state index in [0.717, 1.165) is 16.5 Å². The van der Waals surface area contributed by atoms with E-state index in [1.807, 2.05) is 24.3 Å². The zero-order valence-electron chi connectivity index (χ0n) is 16.8. The van der Waals surface area contributed by atoms with Gasteiger partial charge in [0.25, 0.3) is 11.8 Å². The lowest BCUT2D eigenvalue weighted by atomic mass is 10.1. The Morgan fingerprint density at radius 2 is 1.77 bits per heavy atom. The molecule has 3 aromatic rings. The third-order valence-electron chi connectivity index (χ3n) is 4.35. The molecule has 0 saturated heterocycles. The molecule has 0 fully saturated rings. The highest BCUT2D eigenvalue weighted by Gasteiger charge is 2.17. The standard InChI is InChI=1S/C21H22N4O5/c1-28-17-8-13(9-18(29-2)20(17)30-3)21(27)23-12-19(26)25-24-11-14-10-22-16-7-5-4-6-15(14)16/h4-11,22H,12H2,1-3H3,(H,23,27)(H,25,26)/b24-11+. The van der Waals surface area contributed by atoms with Crippen LogP contribution in [-0.4, -0.2) is 50.9 Å². The largest absolute Gasteiger partial charge is 0.493 e. The summed E-state index contributed by atoms with van der Waals surface area (Å²) in [5.41, 5.74) is 4.47. The Morgan fingerprint density at radius 1 is 1.07 bits per heavy atom. The Balaban J connectivity index is 1.58. The number of aromatic nitrogens is 1. The maximum absolute atomic E-state index is 12.4. The maximum Gasteiger partial charge on any atom is 0.259 e. The molecule has 156 valence electrons. The van der Waals surface area contributed by atoms with E-state index in [1.54, 1.807) is 6.20 Å². The predicted molar refractivity (Wildman–Crippen MR) is 112 cm³/mol. The Labute approximate surface area is 173 Å². The number of H-pyrrole nitrogens is 1. The van der Waals surface area contributed by atoms with Crippen LogP contribution in [0.25, 0.3) is 10.9 Å². The molecule has 0 radical (unpaired) electrons. The van der Waals surface area contributed by atoms with Gasteiger partial charge in [-0.25, -0.2) is 5.43 Å². The maximum atomic E-state index is 12.4. The van der Waals surface area contributed by atoms with Gasteiger partial charge in [-0.3, -0.25) is 9.59 Å². The minimum absolute atomic E-state index is 0.249. The first kappa shape index (κ1) is 20.7. The van der Waals surface area contributed by atoms with Gasteiger partial charge in [-0.05, 0) is 18.2 Å². The molecule has 2 amide bonds. The lowest BCUT2D eigenvalue weighted by Gasteiger charge is -2.14. The number of carbonyl (C=O) groups is 2. The number of nitrogens with one attached hydrogen (secondary N) is 3. The molecule has 1 aromatic heterocycles. The molecule has 0 unspecified atom stereocenters. The fourth-order valence-electron chi connectivity index (χ4n) is 2.89. The van der Waals surface area contributed by atoms with Crippen molar-refractivity contribution in [2.75, 3.05) is 27.9 Å². The Kier molecular flexibility index (Phi) is 6.53. The second kappa shape index (κ2) is 9.46. The van der Waals surface area contributed by atoms with Gasteiger partial charge in [0.2, 0.25) is 5.75 Å². The number of fused-ring (bicyclic) bond motifs is 1. The van der Waals surface area contributed by atoms with Gasteiger partial charge in [0, 0.05) is 28.2 Å². The molecule has 9 nitrogen and oxygen atoms in total. The topological polar surface area (TPSA) is 114 Å². The zero-order valence-corrected chi connectivity index (χ0v) is 16.8. The van der Waals surface area contributed by atoms with Gasteiger partial charge >= 0.3 is 0 Å². The molecule has 0 saturated carbocycles. The van der Waals surface area contributed by atoms with Crippen molar-refractivity contribution in [1.29, 1.82) is 0 Å². The average molecular weight is 410 g/mol. The quantitative estimate of drug-likeness (QED) is 0.389. The van der Waals surface area contributed by atoms with E-state index >= 15 is 0 Å². The van der Waals surface area contributed by atoms with E-state index < -0.39 is 11.8 Å². The lowest BCUT2D eigenvalue weighted by Crippen LogP contribution is -2.34. The van der Waals surface area contributed by atoms with Crippen LogP contribution in [0.1, 0.15) is 15.9 Å². The molecule has 0 aliphatic carbocycles. The summed E-state index contributed by atoms with van der Waals surface area (Å²) in [5, 5.41) is 7.46. The number of aromatic amines is 1. The molecule has 1 heterocycles. The summed E-state index contributed by atoms with van der Waals surface area (Å²) in [6.07, 6.45) is 3.34. The minimum atomic E-state index is -0.468. The molecule has 0 aliphatic heterocycles. The molecule has 3 rings (SSSR count). The van der Waals surface area contributed by atoms with Gasteiger partial charge in [0.1, 0.15) is 0 Å². The first-order valence-electron chi connectivity index (χ1n) is 9.03. The predicted octanol–water partition coefficient (Wildman–Crippen LogP) is 2.07. The number of hydrogen-bond donors (Lipinski definition) is 3. The molecule has 0 bridgehead atoms. The zero-order chi connectivity index (χ0) is 21.5. The van der Waals surface area contributed by atoms with Crippen LogP contribution in [0.2, 0.25) is 0 Å². The van der Waals surface area contributed by atoms with Crippen molar-refractivity contribution in [2.45, 2.75) is 0 Å². The van der Waals surface area contributed by atoms with Crippen molar-refractivity contribution >= 4 is 28.9 Å². The van der Waals surface area contributed by atoms with Crippen LogP contribution in [0.15, 0.2) is 47.7 Å². The normalized spacial score (nSPS) is 10.8. The second-order valence-corrected chi connectivity index (χ2v) is 6.18. The molecule has 2 aromatic carbocycles. The number of rotatable bonds is 8. The van der Waals surface area contributed by atoms with Crippen molar-refractivity contribution in [3.8, 4) is 17.2 Å². The second-order valence-electron chi connectivity index (χ2n) is 6.18. The molecule has 0 spiro atoms. The van der Waals surface area contributed by atoms with Gasteiger partial charge in [-0.1, -0.05) is 18.2 Å². The molecule has 30 heavy (non-hydrogen) atoms. The van der Waals surface area contributed by atoms with Gasteiger partial charge in [-0.15, -0.1) is 0 Å². The van der Waals surface area contributed by atoms with Crippen LogP contribution in [0, 0.1) is 0 Å². The summed E-state index contributed by atoms with van der Waals surface area (Å²) in [7, 11) is 4.39. The summed E-state index contributed by atoms with van der Waals surface area (Å²) < 4.78 is 15.7. The molecule has 0 aliphatic rings. The molecule has 9 heteroatoms. The number of nitrogens with zero attached hydrogens (tertiary/aromatic N) is 1. The van der Waals surface area contributed by atoms with Gasteiger partial charge in [0.05, 0.1) is 34.1 Å². The number of hydrogen-bond acceptors (Lipinski definition) is 6. The van der Waals surface area contributed by atoms with Crippen LogP contribution >= 0.6 is 0 Å². The number of para-hydroxylation sites is 1. The summed E-state index contributed by atoms with van der Waals surface area (Å²) in [4.78, 5) is 27.5. The molecular formula is C21H22N4O5. The summed E-state index contributed by atoms with van der Waals surface area (Å²) >= 11 is 0. The number of methoxy groups -OCH3 is 3. The Morgan fingerprint density at radius 3 is 2.43 bits per heavy atom.